The molecule has 6 heavy (non-hydrogen) atoms. The maximum Gasteiger partial charge on any atom is 0.112 e. The summed E-state index contributed by atoms with van der Waals surface area (Å²) in [6, 6.07) is 0. The van der Waals surface area contributed by atoms with E-state index in [1.165, 1.54) is 0 Å². The molecule has 2 nitrogen and oxygen atoms in total. The van der Waals surface area contributed by atoms with Crippen molar-refractivity contribution in [3.8, 4) is 0 Å². The van der Waals surface area contributed by atoms with E-state index in [1.54, 1.807) is 6.21 Å². The van der Waals surface area contributed by atoms with Gasteiger partial charge < -0.3 is 4.84 Å². The average molecular weight is 98.2 g/mol. The van der Waals surface area contributed by atoms with Crippen LogP contribution >= 0.6 is 0 Å². The van der Waals surface area contributed by atoms with Crippen molar-refractivity contribution >= 4 is 16.5 Å². The van der Waals surface area contributed by atoms with Gasteiger partial charge in [-0.3, -0.25) is 0 Å². The maximum atomic E-state index is 4.64. The van der Waals surface area contributed by atoms with Crippen LogP contribution in [0.4, 0.5) is 0 Å². The Bertz CT molecular complexity index is 65.2. The van der Waals surface area contributed by atoms with Crippen molar-refractivity contribution in [3.05, 3.63) is 0 Å². The summed E-state index contributed by atoms with van der Waals surface area (Å²) in [6.07, 6.45) is 2.62. The van der Waals surface area contributed by atoms with Gasteiger partial charge in [0.05, 0.1) is 10.2 Å². The molecule has 0 spiro atoms. The van der Waals surface area contributed by atoms with Crippen LogP contribution in [0.25, 0.3) is 0 Å². The van der Waals surface area contributed by atoms with E-state index in [2.05, 4.69) is 20.2 Å². The van der Waals surface area contributed by atoms with Gasteiger partial charge in [0.15, 0.2) is 0 Å². The first-order valence-electron chi connectivity index (χ1n) is 1.78. The van der Waals surface area contributed by atoms with Crippen LogP contribution < -0.4 is 0 Å². The highest BCUT2D eigenvalue weighted by atomic mass is 28.1. The first kappa shape index (κ1) is 3.86. The third kappa shape index (κ3) is 0.595. The minimum Gasteiger partial charge on any atom is -0.397 e. The highest BCUT2D eigenvalue weighted by Gasteiger charge is 2.03. The predicted molar refractivity (Wildman–Crippen MR) is 23.7 cm³/mol. The lowest BCUT2D eigenvalue weighted by atomic mass is 10.5. The van der Waals surface area contributed by atoms with Gasteiger partial charge in [0, 0.05) is 12.6 Å². The van der Waals surface area contributed by atoms with Gasteiger partial charge in [-0.05, 0) is 0 Å². The van der Waals surface area contributed by atoms with Gasteiger partial charge >= 0.3 is 0 Å². The largest absolute Gasteiger partial charge is 0.397 e. The van der Waals surface area contributed by atoms with Crippen LogP contribution in [0.5, 0.6) is 0 Å². The number of oxime groups is 1. The van der Waals surface area contributed by atoms with Crippen LogP contribution in [0.15, 0.2) is 5.16 Å². The highest BCUT2D eigenvalue weighted by molar-refractivity contribution is 6.12. The quantitative estimate of drug-likeness (QED) is 0.387. The number of hydrogen-bond donors (Lipinski definition) is 0. The maximum absolute atomic E-state index is 4.64. The van der Waals surface area contributed by atoms with Gasteiger partial charge in [-0.15, -0.1) is 0 Å². The number of nitrogens with zero attached hydrogens (tertiary/aromatic N) is 1. The molecule has 0 bridgehead atoms. The molecule has 0 amide bonds. The fourth-order valence-corrected chi connectivity index (χ4v) is 0.465. The number of rotatable bonds is 0. The van der Waals surface area contributed by atoms with Gasteiger partial charge in [0.1, 0.15) is 5.73 Å². The summed E-state index contributed by atoms with van der Waals surface area (Å²) < 4.78 is 0. The zero-order valence-corrected chi connectivity index (χ0v) is 4.22. The number of hydrogen-bond acceptors (Lipinski definition) is 2. The summed E-state index contributed by atoms with van der Waals surface area (Å²) in [5, 5.41) is 3.49. The second-order valence-electron chi connectivity index (χ2n) is 1.12. The summed E-state index contributed by atoms with van der Waals surface area (Å²) >= 11 is 0. The molecular formula is C3H4NOSi. The standard InChI is InChI=1S/C3H4NOSi/c6-3-1-2-4-5-3/h2-3H,1H2. The molecule has 0 saturated carbocycles. The van der Waals surface area contributed by atoms with Crippen LogP contribution in [0.2, 0.25) is 0 Å². The van der Waals surface area contributed by atoms with Crippen molar-refractivity contribution in [2.24, 2.45) is 5.16 Å². The third-order valence-corrected chi connectivity index (χ3v) is 0.923. The van der Waals surface area contributed by atoms with Crippen LogP contribution in [-0.4, -0.2) is 22.2 Å². The summed E-state index contributed by atoms with van der Waals surface area (Å²) in [7, 11) is 3.24. The first-order valence-corrected chi connectivity index (χ1v) is 2.36. The normalized spacial score (nSPS) is 30.5. The van der Waals surface area contributed by atoms with Crippen molar-refractivity contribution in [3.63, 3.8) is 0 Å². The fraction of sp³-hybridized carbons (Fsp3) is 0.667. The fourth-order valence-electron chi connectivity index (χ4n) is 0.298. The van der Waals surface area contributed by atoms with Gasteiger partial charge in [-0.25, -0.2) is 0 Å². The summed E-state index contributed by atoms with van der Waals surface area (Å²) in [4.78, 5) is 4.64. The zero-order chi connectivity index (χ0) is 4.41. The Hall–Kier alpha value is -0.313. The molecule has 1 atom stereocenters. The molecule has 31 valence electrons. The first-order chi connectivity index (χ1) is 2.89. The Morgan fingerprint density at radius 1 is 2.00 bits per heavy atom. The molecule has 0 aromatic carbocycles. The molecule has 0 saturated heterocycles. The molecular weight excluding hydrogens is 94.1 g/mol. The van der Waals surface area contributed by atoms with Crippen molar-refractivity contribution < 1.29 is 4.84 Å². The zero-order valence-electron chi connectivity index (χ0n) is 3.22. The predicted octanol–water partition coefficient (Wildman–Crippen LogP) is -0.113. The molecule has 0 aromatic heterocycles. The lowest BCUT2D eigenvalue weighted by Crippen LogP contribution is -2.01. The third-order valence-electron chi connectivity index (χ3n) is 0.582. The van der Waals surface area contributed by atoms with Crippen molar-refractivity contribution in [1.29, 1.82) is 0 Å². The molecule has 1 rings (SSSR count). The Kier molecular flexibility index (Phi) is 0.917. The van der Waals surface area contributed by atoms with Gasteiger partial charge in [-0.1, -0.05) is 5.16 Å². The van der Waals surface area contributed by atoms with Crippen LogP contribution in [0, 0.1) is 0 Å². The van der Waals surface area contributed by atoms with Gasteiger partial charge in [0.2, 0.25) is 0 Å². The van der Waals surface area contributed by atoms with Crippen molar-refractivity contribution in [2.75, 3.05) is 0 Å². The minimum atomic E-state index is 0.130. The van der Waals surface area contributed by atoms with E-state index < -0.39 is 0 Å². The molecule has 3 radical (unpaired) electrons. The molecule has 3 heteroatoms. The Labute approximate surface area is 39.6 Å². The molecule has 1 aliphatic heterocycles. The Balaban J connectivity index is 2.32. The molecule has 1 heterocycles. The highest BCUT2D eigenvalue weighted by Crippen LogP contribution is 1.97. The summed E-state index contributed by atoms with van der Waals surface area (Å²) in [5.74, 6) is 0. The lowest BCUT2D eigenvalue weighted by molar-refractivity contribution is 0.143. The monoisotopic (exact) mass is 98.0 g/mol. The Morgan fingerprint density at radius 2 is 2.83 bits per heavy atom. The summed E-state index contributed by atoms with van der Waals surface area (Å²) in [6.45, 7) is 0. The van der Waals surface area contributed by atoms with Crippen LogP contribution in [-0.2, 0) is 4.84 Å². The summed E-state index contributed by atoms with van der Waals surface area (Å²) in [5.41, 5.74) is 0.130. The van der Waals surface area contributed by atoms with Crippen molar-refractivity contribution in [1.82, 2.24) is 0 Å². The minimum absolute atomic E-state index is 0.130. The van der Waals surface area contributed by atoms with Gasteiger partial charge in [-0.2, -0.15) is 0 Å². The molecule has 1 unspecified atom stereocenters. The van der Waals surface area contributed by atoms with Crippen LogP contribution in [0.3, 0.4) is 0 Å². The molecule has 0 fully saturated rings. The van der Waals surface area contributed by atoms with E-state index in [-0.39, 0.29) is 5.73 Å². The lowest BCUT2D eigenvalue weighted by Gasteiger charge is -1.93. The van der Waals surface area contributed by atoms with Gasteiger partial charge in [0.25, 0.3) is 0 Å². The molecule has 0 aliphatic carbocycles. The smallest absolute Gasteiger partial charge is 0.112 e. The van der Waals surface area contributed by atoms with E-state index in [0.717, 1.165) is 6.42 Å². The SMILES string of the molecule is [Si]C1CC=NO1. The topological polar surface area (TPSA) is 21.6 Å². The van der Waals surface area contributed by atoms with E-state index in [4.69, 9.17) is 0 Å². The van der Waals surface area contributed by atoms with E-state index in [1.807, 2.05) is 0 Å². The van der Waals surface area contributed by atoms with Crippen LogP contribution in [0.1, 0.15) is 6.42 Å². The molecule has 0 aromatic rings. The van der Waals surface area contributed by atoms with E-state index in [9.17, 15) is 0 Å². The second-order valence-corrected chi connectivity index (χ2v) is 1.76. The second kappa shape index (κ2) is 1.42. The molecule has 1 aliphatic rings. The molecule has 0 N–H and O–H groups in total. The Morgan fingerprint density at radius 3 is 3.00 bits per heavy atom. The van der Waals surface area contributed by atoms with E-state index in [0.29, 0.717) is 0 Å². The average Bonchev–Trinajstić information content (AvgIpc) is 1.86. The van der Waals surface area contributed by atoms with E-state index >= 15 is 0 Å². The van der Waals surface area contributed by atoms with Crippen molar-refractivity contribution in [2.45, 2.75) is 12.1 Å².